The van der Waals surface area contributed by atoms with Gasteiger partial charge < -0.3 is 9.72 Å². The molecule has 13 heavy (non-hydrogen) atoms. The molecule has 0 spiro atoms. The Morgan fingerprint density at radius 3 is 3.23 bits per heavy atom. The van der Waals surface area contributed by atoms with Gasteiger partial charge in [0.05, 0.1) is 5.69 Å². The highest BCUT2D eigenvalue weighted by molar-refractivity contribution is 5.68. The number of nitrogens with zero attached hydrogens (tertiary/aromatic N) is 2. The summed E-state index contributed by atoms with van der Waals surface area (Å²) < 4.78 is 5.40. The number of rotatable bonds is 0. The summed E-state index contributed by atoms with van der Waals surface area (Å²) in [6, 6.07) is 1.99. The highest BCUT2D eigenvalue weighted by atomic mass is 16.5. The van der Waals surface area contributed by atoms with E-state index in [1.165, 1.54) is 0 Å². The standard InChI is InChI=1S/C9H7N3O/c1-2-10-7-5-13-9-8(6(1)7)11-3-4-12-9/h1-4,10H,5H2. The van der Waals surface area contributed by atoms with Crippen molar-refractivity contribution in [2.24, 2.45) is 0 Å². The summed E-state index contributed by atoms with van der Waals surface area (Å²) in [5.74, 6) is 0.620. The molecule has 0 fully saturated rings. The summed E-state index contributed by atoms with van der Waals surface area (Å²) in [6.45, 7) is 0.550. The van der Waals surface area contributed by atoms with Crippen LogP contribution < -0.4 is 4.74 Å². The number of hydrogen-bond donors (Lipinski definition) is 1. The molecule has 3 heterocycles. The summed E-state index contributed by atoms with van der Waals surface area (Å²) in [5.41, 5.74) is 2.98. The van der Waals surface area contributed by atoms with Gasteiger partial charge in [0, 0.05) is 24.2 Å². The number of ether oxygens (including phenoxy) is 1. The van der Waals surface area contributed by atoms with Crippen molar-refractivity contribution < 1.29 is 4.74 Å². The number of aromatic amines is 1. The van der Waals surface area contributed by atoms with E-state index in [0.717, 1.165) is 17.0 Å². The van der Waals surface area contributed by atoms with E-state index in [9.17, 15) is 0 Å². The summed E-state index contributed by atoms with van der Waals surface area (Å²) in [6.07, 6.45) is 5.19. The lowest BCUT2D eigenvalue weighted by atomic mass is 10.1. The van der Waals surface area contributed by atoms with E-state index >= 15 is 0 Å². The molecule has 0 aliphatic carbocycles. The number of hydrogen-bond acceptors (Lipinski definition) is 3. The van der Waals surface area contributed by atoms with Crippen LogP contribution in [0, 0.1) is 0 Å². The zero-order valence-corrected chi connectivity index (χ0v) is 6.82. The van der Waals surface area contributed by atoms with Gasteiger partial charge >= 0.3 is 0 Å². The summed E-state index contributed by atoms with van der Waals surface area (Å²) in [5, 5.41) is 0. The van der Waals surface area contributed by atoms with Gasteiger partial charge in [0.25, 0.3) is 0 Å². The van der Waals surface area contributed by atoms with Crippen LogP contribution in [0.4, 0.5) is 0 Å². The highest BCUT2D eigenvalue weighted by Crippen LogP contribution is 2.32. The number of nitrogens with one attached hydrogen (secondary N) is 1. The Bertz CT molecular complexity index is 450. The Morgan fingerprint density at radius 2 is 2.23 bits per heavy atom. The van der Waals surface area contributed by atoms with Crippen molar-refractivity contribution in [3.05, 3.63) is 30.4 Å². The second kappa shape index (κ2) is 2.32. The normalized spacial score (nSPS) is 12.9. The molecule has 0 saturated heterocycles. The fraction of sp³-hybridized carbons (Fsp3) is 0.111. The van der Waals surface area contributed by atoms with Gasteiger partial charge in [-0.05, 0) is 6.07 Å². The van der Waals surface area contributed by atoms with Gasteiger partial charge in [-0.15, -0.1) is 0 Å². The van der Waals surface area contributed by atoms with Gasteiger partial charge in [-0.25, -0.2) is 9.97 Å². The monoisotopic (exact) mass is 173 g/mol. The molecule has 0 aromatic carbocycles. The minimum absolute atomic E-state index is 0.550. The molecule has 0 bridgehead atoms. The Morgan fingerprint density at radius 1 is 1.31 bits per heavy atom. The van der Waals surface area contributed by atoms with Crippen molar-refractivity contribution in [3.63, 3.8) is 0 Å². The predicted octanol–water partition coefficient (Wildman–Crippen LogP) is 1.36. The van der Waals surface area contributed by atoms with E-state index in [1.807, 2.05) is 12.3 Å². The Hall–Kier alpha value is -1.84. The molecule has 2 aromatic heterocycles. The van der Waals surface area contributed by atoms with Gasteiger partial charge in [-0.3, -0.25) is 0 Å². The average Bonchev–Trinajstić information content (AvgIpc) is 2.65. The molecular formula is C9H7N3O. The lowest BCUT2D eigenvalue weighted by molar-refractivity contribution is 0.284. The van der Waals surface area contributed by atoms with Crippen LogP contribution in [0.3, 0.4) is 0 Å². The molecule has 64 valence electrons. The van der Waals surface area contributed by atoms with Crippen LogP contribution in [0.1, 0.15) is 5.69 Å². The fourth-order valence-electron chi connectivity index (χ4n) is 1.50. The number of H-pyrrole nitrogens is 1. The van der Waals surface area contributed by atoms with Crippen LogP contribution in [0.25, 0.3) is 11.3 Å². The molecule has 4 nitrogen and oxygen atoms in total. The van der Waals surface area contributed by atoms with E-state index in [2.05, 4.69) is 15.0 Å². The zero-order valence-electron chi connectivity index (χ0n) is 6.82. The lowest BCUT2D eigenvalue weighted by Gasteiger charge is -2.14. The number of aromatic nitrogens is 3. The first-order valence-corrected chi connectivity index (χ1v) is 4.05. The quantitative estimate of drug-likeness (QED) is 0.654. The van der Waals surface area contributed by atoms with Crippen molar-refractivity contribution in [1.29, 1.82) is 0 Å². The van der Waals surface area contributed by atoms with Crippen LogP contribution in [0.2, 0.25) is 0 Å². The molecular weight excluding hydrogens is 166 g/mol. The first-order valence-electron chi connectivity index (χ1n) is 4.05. The first-order chi connectivity index (χ1) is 6.45. The van der Waals surface area contributed by atoms with Crippen LogP contribution in [-0.2, 0) is 6.61 Å². The maximum Gasteiger partial charge on any atom is 0.241 e. The van der Waals surface area contributed by atoms with E-state index in [0.29, 0.717) is 12.5 Å². The van der Waals surface area contributed by atoms with Crippen LogP contribution >= 0.6 is 0 Å². The van der Waals surface area contributed by atoms with E-state index in [-0.39, 0.29) is 0 Å². The van der Waals surface area contributed by atoms with Gasteiger partial charge in [-0.1, -0.05) is 0 Å². The molecule has 4 heteroatoms. The Labute approximate surface area is 74.6 Å². The Balaban J connectivity index is 2.30. The van der Waals surface area contributed by atoms with Crippen LogP contribution in [0.5, 0.6) is 5.88 Å². The second-order valence-electron chi connectivity index (χ2n) is 2.87. The van der Waals surface area contributed by atoms with E-state index in [1.54, 1.807) is 12.4 Å². The maximum absolute atomic E-state index is 5.40. The van der Waals surface area contributed by atoms with Gasteiger partial charge in [0.2, 0.25) is 5.88 Å². The second-order valence-corrected chi connectivity index (χ2v) is 2.87. The molecule has 1 N–H and O–H groups in total. The topological polar surface area (TPSA) is 50.8 Å². The molecule has 0 radical (unpaired) electrons. The largest absolute Gasteiger partial charge is 0.470 e. The third kappa shape index (κ3) is 0.853. The molecule has 2 aromatic rings. The van der Waals surface area contributed by atoms with Crippen molar-refractivity contribution in [2.75, 3.05) is 0 Å². The van der Waals surface area contributed by atoms with Gasteiger partial charge in [0.1, 0.15) is 12.3 Å². The Kier molecular flexibility index (Phi) is 1.19. The minimum atomic E-state index is 0.550. The molecule has 1 aliphatic rings. The maximum atomic E-state index is 5.40. The lowest BCUT2D eigenvalue weighted by Crippen LogP contribution is -2.06. The molecule has 1 aliphatic heterocycles. The summed E-state index contributed by atoms with van der Waals surface area (Å²) in [4.78, 5) is 11.4. The summed E-state index contributed by atoms with van der Waals surface area (Å²) >= 11 is 0. The fourth-order valence-corrected chi connectivity index (χ4v) is 1.50. The van der Waals surface area contributed by atoms with Gasteiger partial charge in [0.15, 0.2) is 0 Å². The molecule has 0 atom stereocenters. The van der Waals surface area contributed by atoms with Crippen LogP contribution in [-0.4, -0.2) is 15.0 Å². The third-order valence-electron chi connectivity index (χ3n) is 2.11. The van der Waals surface area contributed by atoms with Crippen molar-refractivity contribution in [1.82, 2.24) is 15.0 Å². The molecule has 0 amide bonds. The molecule has 0 unspecified atom stereocenters. The molecule has 3 rings (SSSR count). The SMILES string of the molecule is c1cnc2c(n1)OCc1[nH]ccc1-2. The van der Waals surface area contributed by atoms with Crippen molar-refractivity contribution >= 4 is 0 Å². The third-order valence-corrected chi connectivity index (χ3v) is 2.11. The smallest absolute Gasteiger partial charge is 0.241 e. The zero-order chi connectivity index (χ0) is 8.67. The van der Waals surface area contributed by atoms with Crippen molar-refractivity contribution in [3.8, 4) is 17.1 Å². The van der Waals surface area contributed by atoms with Crippen LogP contribution in [0.15, 0.2) is 24.7 Å². The minimum Gasteiger partial charge on any atom is -0.470 e. The number of fused-ring (bicyclic) bond motifs is 3. The van der Waals surface area contributed by atoms with E-state index in [4.69, 9.17) is 4.74 Å². The van der Waals surface area contributed by atoms with Gasteiger partial charge in [-0.2, -0.15) is 0 Å². The summed E-state index contributed by atoms with van der Waals surface area (Å²) in [7, 11) is 0. The highest BCUT2D eigenvalue weighted by Gasteiger charge is 2.19. The van der Waals surface area contributed by atoms with Crippen molar-refractivity contribution in [2.45, 2.75) is 6.61 Å². The first kappa shape index (κ1) is 6.65. The molecule has 0 saturated carbocycles. The van der Waals surface area contributed by atoms with E-state index < -0.39 is 0 Å². The average molecular weight is 173 g/mol. The predicted molar refractivity (Wildman–Crippen MR) is 46.2 cm³/mol.